The SMILES string of the molecule is CCOC(=O)C(C)=C=CCCCC(=O)OC. The Morgan fingerprint density at radius 2 is 2.06 bits per heavy atom. The first-order valence-corrected chi connectivity index (χ1v) is 5.27. The van der Waals surface area contributed by atoms with Crippen molar-refractivity contribution in [1.82, 2.24) is 0 Å². The maximum atomic E-state index is 11.1. The van der Waals surface area contributed by atoms with Crippen LogP contribution >= 0.6 is 0 Å². The summed E-state index contributed by atoms with van der Waals surface area (Å²) in [4.78, 5) is 21.9. The summed E-state index contributed by atoms with van der Waals surface area (Å²) in [6.45, 7) is 3.76. The normalized spacial score (nSPS) is 8.94. The average molecular weight is 226 g/mol. The minimum atomic E-state index is -0.355. The summed E-state index contributed by atoms with van der Waals surface area (Å²) in [6.07, 6.45) is 3.49. The molecule has 0 aliphatic heterocycles. The Kier molecular flexibility index (Phi) is 7.90. The van der Waals surface area contributed by atoms with Gasteiger partial charge in [0.2, 0.25) is 0 Å². The van der Waals surface area contributed by atoms with E-state index < -0.39 is 0 Å². The van der Waals surface area contributed by atoms with Crippen LogP contribution in [0.2, 0.25) is 0 Å². The molecule has 0 fully saturated rings. The van der Waals surface area contributed by atoms with Crippen molar-refractivity contribution in [1.29, 1.82) is 0 Å². The minimum absolute atomic E-state index is 0.223. The molecule has 0 aliphatic rings. The van der Waals surface area contributed by atoms with E-state index in [4.69, 9.17) is 4.74 Å². The number of hydrogen-bond donors (Lipinski definition) is 0. The van der Waals surface area contributed by atoms with Gasteiger partial charge in [0.15, 0.2) is 0 Å². The second-order valence-electron chi connectivity index (χ2n) is 3.16. The molecule has 0 aromatic rings. The highest BCUT2D eigenvalue weighted by Gasteiger charge is 2.02. The third kappa shape index (κ3) is 6.85. The molecule has 90 valence electrons. The van der Waals surface area contributed by atoms with Crippen molar-refractivity contribution in [2.24, 2.45) is 0 Å². The number of hydrogen-bond acceptors (Lipinski definition) is 4. The van der Waals surface area contributed by atoms with Crippen molar-refractivity contribution in [2.75, 3.05) is 13.7 Å². The molecule has 4 nitrogen and oxygen atoms in total. The van der Waals surface area contributed by atoms with E-state index in [1.807, 2.05) is 0 Å². The Morgan fingerprint density at radius 1 is 1.38 bits per heavy atom. The predicted molar refractivity (Wildman–Crippen MR) is 59.8 cm³/mol. The fourth-order valence-electron chi connectivity index (χ4n) is 0.974. The third-order valence-corrected chi connectivity index (χ3v) is 1.86. The van der Waals surface area contributed by atoms with E-state index >= 15 is 0 Å². The average Bonchev–Trinajstić information content (AvgIpc) is 2.28. The van der Waals surface area contributed by atoms with Gasteiger partial charge in [-0.1, -0.05) is 0 Å². The molecule has 0 radical (unpaired) electrons. The monoisotopic (exact) mass is 226 g/mol. The summed E-state index contributed by atoms with van der Waals surface area (Å²) >= 11 is 0. The van der Waals surface area contributed by atoms with Crippen molar-refractivity contribution in [3.8, 4) is 0 Å². The zero-order valence-electron chi connectivity index (χ0n) is 10.0. The Morgan fingerprint density at radius 3 is 2.62 bits per heavy atom. The molecule has 0 aliphatic carbocycles. The van der Waals surface area contributed by atoms with E-state index in [9.17, 15) is 9.59 Å². The molecule has 16 heavy (non-hydrogen) atoms. The summed E-state index contributed by atoms with van der Waals surface area (Å²) in [7, 11) is 1.36. The van der Waals surface area contributed by atoms with E-state index in [0.717, 1.165) is 0 Å². The molecule has 0 bridgehead atoms. The largest absolute Gasteiger partial charge is 0.469 e. The summed E-state index contributed by atoms with van der Waals surface area (Å²) < 4.78 is 9.28. The number of carbonyl (C=O) groups is 2. The standard InChI is InChI=1S/C12H18O4/c1-4-16-12(14)10(2)8-6-5-7-9-11(13)15-3/h6H,4-5,7,9H2,1-3H3. The number of ether oxygens (including phenoxy) is 2. The molecule has 0 heterocycles. The molecule has 4 heteroatoms. The summed E-state index contributed by atoms with van der Waals surface area (Å²) in [5.41, 5.74) is 3.27. The zero-order valence-corrected chi connectivity index (χ0v) is 10.0. The van der Waals surface area contributed by atoms with Gasteiger partial charge in [0.1, 0.15) is 0 Å². The van der Waals surface area contributed by atoms with E-state index in [0.29, 0.717) is 31.4 Å². The fourth-order valence-corrected chi connectivity index (χ4v) is 0.974. The second-order valence-corrected chi connectivity index (χ2v) is 3.16. The molecule has 0 saturated carbocycles. The van der Waals surface area contributed by atoms with Crippen molar-refractivity contribution in [2.45, 2.75) is 33.1 Å². The van der Waals surface area contributed by atoms with Gasteiger partial charge in [-0.2, -0.15) is 0 Å². The van der Waals surface area contributed by atoms with Crippen LogP contribution in [-0.2, 0) is 19.1 Å². The Labute approximate surface area is 95.9 Å². The second kappa shape index (κ2) is 8.74. The van der Waals surface area contributed by atoms with Crippen LogP contribution in [0.5, 0.6) is 0 Å². The predicted octanol–water partition coefficient (Wildman–Crippen LogP) is 1.99. The van der Waals surface area contributed by atoms with Crippen LogP contribution < -0.4 is 0 Å². The van der Waals surface area contributed by atoms with Crippen molar-refractivity contribution in [3.05, 3.63) is 17.4 Å². The van der Waals surface area contributed by atoms with Gasteiger partial charge in [-0.3, -0.25) is 4.79 Å². The molecule has 0 saturated heterocycles. The molecule has 0 aromatic heterocycles. The number of rotatable bonds is 6. The molecule has 0 amide bonds. The topological polar surface area (TPSA) is 52.6 Å². The van der Waals surface area contributed by atoms with Crippen LogP contribution in [0, 0.1) is 0 Å². The van der Waals surface area contributed by atoms with E-state index in [1.165, 1.54) is 7.11 Å². The zero-order chi connectivity index (χ0) is 12.4. The van der Waals surface area contributed by atoms with Gasteiger partial charge in [-0.05, 0) is 32.8 Å². The first-order valence-electron chi connectivity index (χ1n) is 5.27. The lowest BCUT2D eigenvalue weighted by Crippen LogP contribution is -2.03. The maximum Gasteiger partial charge on any atom is 0.341 e. The van der Waals surface area contributed by atoms with Crippen LogP contribution in [-0.4, -0.2) is 25.7 Å². The van der Waals surface area contributed by atoms with Gasteiger partial charge < -0.3 is 9.47 Å². The summed E-state index contributed by atoms with van der Waals surface area (Å²) in [6, 6.07) is 0. The Bertz CT molecular complexity index is 298. The highest BCUT2D eigenvalue weighted by Crippen LogP contribution is 1.99. The summed E-state index contributed by atoms with van der Waals surface area (Å²) in [5.74, 6) is -0.578. The number of methoxy groups -OCH3 is 1. The van der Waals surface area contributed by atoms with E-state index in [-0.39, 0.29) is 11.9 Å². The number of carbonyl (C=O) groups excluding carboxylic acids is 2. The van der Waals surface area contributed by atoms with Crippen molar-refractivity contribution in [3.63, 3.8) is 0 Å². The molecular weight excluding hydrogens is 208 g/mol. The molecule has 0 unspecified atom stereocenters. The van der Waals surface area contributed by atoms with Gasteiger partial charge in [-0.15, -0.1) is 5.73 Å². The van der Waals surface area contributed by atoms with Crippen LogP contribution in [0.1, 0.15) is 33.1 Å². The van der Waals surface area contributed by atoms with Gasteiger partial charge in [0, 0.05) is 6.42 Å². The Balaban J connectivity index is 3.93. The molecule has 0 atom stereocenters. The maximum absolute atomic E-state index is 11.1. The molecular formula is C12H18O4. The van der Waals surface area contributed by atoms with Crippen molar-refractivity contribution >= 4 is 11.9 Å². The third-order valence-electron chi connectivity index (χ3n) is 1.86. The molecule has 0 N–H and O–H groups in total. The van der Waals surface area contributed by atoms with Crippen LogP contribution in [0.4, 0.5) is 0 Å². The number of esters is 2. The van der Waals surface area contributed by atoms with E-state index in [2.05, 4.69) is 10.5 Å². The van der Waals surface area contributed by atoms with Gasteiger partial charge in [-0.25, -0.2) is 4.79 Å². The lowest BCUT2D eigenvalue weighted by Gasteiger charge is -1.97. The van der Waals surface area contributed by atoms with Crippen LogP contribution in [0.3, 0.4) is 0 Å². The smallest absolute Gasteiger partial charge is 0.341 e. The lowest BCUT2D eigenvalue weighted by molar-refractivity contribution is -0.141. The lowest BCUT2D eigenvalue weighted by atomic mass is 10.2. The van der Waals surface area contributed by atoms with Crippen LogP contribution in [0.25, 0.3) is 0 Å². The van der Waals surface area contributed by atoms with E-state index in [1.54, 1.807) is 19.9 Å². The highest BCUT2D eigenvalue weighted by molar-refractivity contribution is 5.87. The molecule has 0 rings (SSSR count). The summed E-state index contributed by atoms with van der Waals surface area (Å²) in [5, 5.41) is 0. The Hall–Kier alpha value is -1.54. The van der Waals surface area contributed by atoms with Gasteiger partial charge in [0.05, 0.1) is 19.3 Å². The first-order chi connectivity index (χ1) is 7.61. The number of unbranched alkanes of at least 4 members (excludes halogenated alkanes) is 1. The first kappa shape index (κ1) is 14.5. The van der Waals surface area contributed by atoms with Crippen molar-refractivity contribution < 1.29 is 19.1 Å². The van der Waals surface area contributed by atoms with Crippen LogP contribution in [0.15, 0.2) is 17.4 Å². The molecule has 0 aromatic carbocycles. The molecule has 0 spiro atoms. The highest BCUT2D eigenvalue weighted by atomic mass is 16.5. The minimum Gasteiger partial charge on any atom is -0.469 e. The van der Waals surface area contributed by atoms with Gasteiger partial charge in [0.25, 0.3) is 0 Å². The quantitative estimate of drug-likeness (QED) is 0.301. The fraction of sp³-hybridized carbons (Fsp3) is 0.583. The van der Waals surface area contributed by atoms with Gasteiger partial charge >= 0.3 is 11.9 Å².